The maximum absolute atomic E-state index is 11.1. The van der Waals surface area contributed by atoms with E-state index in [4.69, 9.17) is 15.3 Å². The molecule has 0 bridgehead atoms. The Morgan fingerprint density at radius 2 is 1.33 bits per heavy atom. The first-order valence-corrected chi connectivity index (χ1v) is 4.68. The Bertz CT molecular complexity index is 382. The second-order valence-electron chi connectivity index (χ2n) is 3.55. The van der Waals surface area contributed by atoms with Crippen LogP contribution in [-0.4, -0.2) is 121 Å². The number of carbonyl (C=O) groups excluding carboxylic acids is 2. The monoisotopic (exact) mass is 396 g/mol. The normalized spacial score (nSPS) is 11.5. The number of carbonyl (C=O) groups is 4. The Labute approximate surface area is 164 Å². The van der Waals surface area contributed by atoms with E-state index in [0.29, 0.717) is 0 Å². The van der Waals surface area contributed by atoms with Crippen LogP contribution >= 0.6 is 0 Å². The van der Waals surface area contributed by atoms with Crippen LogP contribution < -0.4 is 0 Å². The molecule has 0 aromatic carbocycles. The van der Waals surface area contributed by atoms with Crippen molar-refractivity contribution in [2.75, 3.05) is 0 Å². The first kappa shape index (κ1) is 43.5. The summed E-state index contributed by atoms with van der Waals surface area (Å²) in [7, 11) is 0. The summed E-state index contributed by atoms with van der Waals surface area (Å²) >= 11 is 0. The summed E-state index contributed by atoms with van der Waals surface area (Å²) in [4.78, 5) is 42.9. The quantitative estimate of drug-likeness (QED) is 0.188. The molecule has 2 unspecified atom stereocenters. The SMILES string of the molecule is CC(O)C(=O)OC(=O)CC(O)(CC(=O)O)C(=O)O.O.O.O.O.O.[CaH2]. The summed E-state index contributed by atoms with van der Waals surface area (Å²) in [6, 6.07) is 0. The minimum atomic E-state index is -2.87. The number of rotatable bonds is 6. The van der Waals surface area contributed by atoms with Crippen LogP contribution in [0.5, 0.6) is 0 Å². The van der Waals surface area contributed by atoms with Gasteiger partial charge in [0.25, 0.3) is 0 Å². The van der Waals surface area contributed by atoms with E-state index in [1.807, 2.05) is 0 Å². The molecule has 0 fully saturated rings. The third kappa shape index (κ3) is 15.9. The molecular weight excluding hydrogens is 372 g/mol. The molecule has 0 aliphatic carbocycles. The zero-order valence-electron chi connectivity index (χ0n) is 11.8. The second-order valence-corrected chi connectivity index (χ2v) is 3.55. The molecule has 0 heterocycles. The van der Waals surface area contributed by atoms with Crippen molar-refractivity contribution in [1.82, 2.24) is 0 Å². The van der Waals surface area contributed by atoms with Crippen molar-refractivity contribution < 1.29 is 71.7 Å². The zero-order chi connectivity index (χ0) is 14.5. The predicted molar refractivity (Wildman–Crippen MR) is 78.8 cm³/mol. The van der Waals surface area contributed by atoms with Crippen molar-refractivity contribution in [3.63, 3.8) is 0 Å². The molecule has 14 N–H and O–H groups in total. The fourth-order valence-corrected chi connectivity index (χ4v) is 0.936. The van der Waals surface area contributed by atoms with E-state index in [1.54, 1.807) is 0 Å². The van der Waals surface area contributed by atoms with E-state index in [9.17, 15) is 24.3 Å². The minimum absolute atomic E-state index is 0. The average Bonchev–Trinajstić information content (AvgIpc) is 2.14. The summed E-state index contributed by atoms with van der Waals surface area (Å²) < 4.78 is 4.00. The summed E-state index contributed by atoms with van der Waals surface area (Å²) in [6.07, 6.45) is -4.07. The molecule has 0 aromatic heterocycles. The molecular formula is C9H24CaO14. The van der Waals surface area contributed by atoms with Crippen molar-refractivity contribution >= 4 is 61.6 Å². The van der Waals surface area contributed by atoms with Gasteiger partial charge in [-0.25, -0.2) is 9.59 Å². The van der Waals surface area contributed by atoms with Gasteiger partial charge in [0, 0.05) is 0 Å². The van der Waals surface area contributed by atoms with Gasteiger partial charge in [-0.3, -0.25) is 9.59 Å². The van der Waals surface area contributed by atoms with Gasteiger partial charge < -0.3 is 52.5 Å². The Kier molecular flexibility index (Phi) is 33.4. The molecule has 0 aliphatic heterocycles. The first-order valence-electron chi connectivity index (χ1n) is 4.68. The van der Waals surface area contributed by atoms with Gasteiger partial charge in [-0.2, -0.15) is 0 Å². The Balaban J connectivity index is -0.0000000963. The fraction of sp³-hybridized carbons (Fsp3) is 0.556. The molecule has 0 aromatic rings. The van der Waals surface area contributed by atoms with Crippen LogP contribution in [0.25, 0.3) is 0 Å². The van der Waals surface area contributed by atoms with E-state index in [-0.39, 0.29) is 65.1 Å². The maximum atomic E-state index is 11.1. The summed E-state index contributed by atoms with van der Waals surface area (Å²) in [5.41, 5.74) is -2.87. The number of carboxylic acids is 2. The summed E-state index contributed by atoms with van der Waals surface area (Å²) in [5, 5.41) is 35.2. The number of carboxylic acid groups (broad SMARTS) is 2. The molecule has 0 radical (unpaired) electrons. The third-order valence-corrected chi connectivity index (χ3v) is 1.83. The summed E-state index contributed by atoms with van der Waals surface area (Å²) in [5.74, 6) is -6.36. The van der Waals surface area contributed by atoms with Gasteiger partial charge in [0.2, 0.25) is 0 Å². The molecule has 0 spiro atoms. The van der Waals surface area contributed by atoms with Gasteiger partial charge in [-0.1, -0.05) is 0 Å². The van der Waals surface area contributed by atoms with Crippen molar-refractivity contribution in [2.24, 2.45) is 0 Å². The van der Waals surface area contributed by atoms with Gasteiger partial charge in [-0.05, 0) is 6.92 Å². The van der Waals surface area contributed by atoms with Gasteiger partial charge >= 0.3 is 61.6 Å². The van der Waals surface area contributed by atoms with Crippen LogP contribution in [0.4, 0.5) is 0 Å². The Morgan fingerprint density at radius 1 is 0.958 bits per heavy atom. The van der Waals surface area contributed by atoms with Gasteiger partial charge in [0.05, 0.1) is 12.8 Å². The third-order valence-electron chi connectivity index (χ3n) is 1.83. The van der Waals surface area contributed by atoms with Crippen LogP contribution in [0.1, 0.15) is 19.8 Å². The number of aliphatic hydroxyl groups excluding tert-OH is 1. The molecule has 14 nitrogen and oxygen atoms in total. The zero-order valence-corrected chi connectivity index (χ0v) is 11.8. The van der Waals surface area contributed by atoms with Gasteiger partial charge in [-0.15, -0.1) is 0 Å². The molecule has 24 heavy (non-hydrogen) atoms. The molecule has 0 aliphatic rings. The van der Waals surface area contributed by atoms with E-state index in [0.717, 1.165) is 6.92 Å². The standard InChI is InChI=1S/C9H12O9.Ca.5H2O.2H/c1-4(10)7(14)18-6(13)3-9(17,8(15)16)2-5(11)12;;;;;;;;/h4,10,17H,2-3H2,1H3,(H,11,12)(H,15,16);;5*1H2;;. The predicted octanol–water partition coefficient (Wildman–Crippen LogP) is -6.92. The molecule has 0 amide bonds. The number of aliphatic carboxylic acids is 2. The Morgan fingerprint density at radius 3 is 1.58 bits per heavy atom. The van der Waals surface area contributed by atoms with Crippen molar-refractivity contribution in [2.45, 2.75) is 31.5 Å². The molecule has 0 rings (SSSR count). The Hall–Kier alpha value is -0.940. The van der Waals surface area contributed by atoms with Crippen LogP contribution in [0.2, 0.25) is 0 Å². The second kappa shape index (κ2) is 18.4. The molecule has 0 saturated carbocycles. The number of esters is 2. The molecule has 146 valence electrons. The van der Waals surface area contributed by atoms with Crippen LogP contribution in [0, 0.1) is 0 Å². The average molecular weight is 396 g/mol. The summed E-state index contributed by atoms with van der Waals surface area (Å²) in [6.45, 7) is 1.01. The number of ether oxygens (including phenoxy) is 1. The van der Waals surface area contributed by atoms with Crippen molar-refractivity contribution in [1.29, 1.82) is 0 Å². The number of hydrogen-bond donors (Lipinski definition) is 4. The molecule has 2 atom stereocenters. The van der Waals surface area contributed by atoms with E-state index in [1.165, 1.54) is 0 Å². The van der Waals surface area contributed by atoms with Gasteiger partial charge in [0.1, 0.15) is 6.10 Å². The number of aliphatic hydroxyl groups is 2. The van der Waals surface area contributed by atoms with Crippen molar-refractivity contribution in [3.8, 4) is 0 Å². The van der Waals surface area contributed by atoms with Crippen LogP contribution in [0.15, 0.2) is 0 Å². The topological polar surface area (TPSA) is 316 Å². The van der Waals surface area contributed by atoms with E-state index >= 15 is 0 Å². The molecule has 0 saturated heterocycles. The number of hydrogen-bond acceptors (Lipinski definition) is 7. The fourth-order valence-electron chi connectivity index (χ4n) is 0.936. The van der Waals surface area contributed by atoms with Crippen LogP contribution in [-0.2, 0) is 23.9 Å². The first-order chi connectivity index (χ1) is 8.08. The van der Waals surface area contributed by atoms with E-state index < -0.39 is 48.4 Å². The van der Waals surface area contributed by atoms with Crippen LogP contribution in [0.3, 0.4) is 0 Å². The molecule has 15 heteroatoms. The van der Waals surface area contributed by atoms with Gasteiger partial charge in [0.15, 0.2) is 5.60 Å². The van der Waals surface area contributed by atoms with Crippen molar-refractivity contribution in [3.05, 3.63) is 0 Å². The van der Waals surface area contributed by atoms with E-state index in [2.05, 4.69) is 4.74 Å².